The molecule has 6 heteroatoms. The molecule has 1 aliphatic rings. The number of hydrogen-bond donors (Lipinski definition) is 2. The molecule has 1 heterocycles. The van der Waals surface area contributed by atoms with E-state index in [0.29, 0.717) is 12.1 Å². The molecule has 0 saturated carbocycles. The number of halogens is 1. The van der Waals surface area contributed by atoms with Crippen LogP contribution in [0.25, 0.3) is 0 Å². The molecular weight excluding hydrogens is 321 g/mol. The zero-order valence-corrected chi connectivity index (χ0v) is 14.0. The molecule has 0 aromatic heterocycles. The van der Waals surface area contributed by atoms with Crippen LogP contribution >= 0.6 is 0 Å². The van der Waals surface area contributed by atoms with Crippen LogP contribution in [-0.4, -0.2) is 24.4 Å². The highest BCUT2D eigenvalue weighted by atomic mass is 19.1. The summed E-state index contributed by atoms with van der Waals surface area (Å²) < 4.78 is 13.2. The fourth-order valence-corrected chi connectivity index (χ4v) is 2.82. The van der Waals surface area contributed by atoms with Gasteiger partial charge in [0.25, 0.3) is 0 Å². The molecule has 25 heavy (non-hydrogen) atoms. The van der Waals surface area contributed by atoms with Gasteiger partial charge in [0.2, 0.25) is 11.8 Å². The van der Waals surface area contributed by atoms with Crippen LogP contribution in [0.15, 0.2) is 48.5 Å². The van der Waals surface area contributed by atoms with E-state index in [1.165, 1.54) is 12.1 Å². The summed E-state index contributed by atoms with van der Waals surface area (Å²) in [6, 6.07) is 12.7. The van der Waals surface area contributed by atoms with Crippen LogP contribution in [0.1, 0.15) is 19.8 Å². The van der Waals surface area contributed by atoms with Crippen molar-refractivity contribution < 1.29 is 14.0 Å². The lowest BCUT2D eigenvalue weighted by Gasteiger charge is -2.19. The van der Waals surface area contributed by atoms with Crippen LogP contribution in [-0.2, 0) is 9.59 Å². The van der Waals surface area contributed by atoms with Gasteiger partial charge in [-0.1, -0.05) is 12.1 Å². The fraction of sp³-hybridized carbons (Fsp3) is 0.263. The summed E-state index contributed by atoms with van der Waals surface area (Å²) >= 11 is 0. The molecule has 2 N–H and O–H groups in total. The third-order valence-corrected chi connectivity index (χ3v) is 4.10. The minimum absolute atomic E-state index is 0.119. The standard InChI is InChI=1S/C19H20FN3O2/c1-13(19(25)22-15-6-2-5-14(20)11-15)21-16-7-3-8-17(12-16)23-10-4-9-18(23)24/h2-3,5-8,11-13,21H,4,9-10H2,1H3,(H,22,25). The molecule has 0 spiro atoms. The molecule has 2 amide bonds. The molecule has 1 unspecified atom stereocenters. The van der Waals surface area contributed by atoms with E-state index < -0.39 is 11.9 Å². The number of carbonyl (C=O) groups is 2. The summed E-state index contributed by atoms with van der Waals surface area (Å²) in [5, 5.41) is 5.79. The van der Waals surface area contributed by atoms with E-state index in [1.54, 1.807) is 24.0 Å². The number of amides is 2. The summed E-state index contributed by atoms with van der Waals surface area (Å²) in [4.78, 5) is 25.9. The topological polar surface area (TPSA) is 61.4 Å². The molecule has 1 fully saturated rings. The van der Waals surface area contributed by atoms with Gasteiger partial charge in [-0.2, -0.15) is 0 Å². The number of carbonyl (C=O) groups excluding carboxylic acids is 2. The minimum Gasteiger partial charge on any atom is -0.374 e. The van der Waals surface area contributed by atoms with Crippen molar-refractivity contribution in [2.24, 2.45) is 0 Å². The second-order valence-electron chi connectivity index (χ2n) is 6.06. The first kappa shape index (κ1) is 17.0. The number of anilines is 3. The quantitative estimate of drug-likeness (QED) is 0.876. The number of nitrogens with one attached hydrogen (secondary N) is 2. The van der Waals surface area contributed by atoms with Crippen molar-refractivity contribution in [2.75, 3.05) is 22.1 Å². The molecular formula is C19H20FN3O2. The number of hydrogen-bond acceptors (Lipinski definition) is 3. The van der Waals surface area contributed by atoms with Crippen molar-refractivity contribution >= 4 is 28.9 Å². The number of rotatable bonds is 5. The Labute approximate surface area is 145 Å². The average molecular weight is 341 g/mol. The monoisotopic (exact) mass is 341 g/mol. The van der Waals surface area contributed by atoms with E-state index in [-0.39, 0.29) is 11.8 Å². The summed E-state index contributed by atoms with van der Waals surface area (Å²) in [6.07, 6.45) is 1.44. The second kappa shape index (κ2) is 7.34. The van der Waals surface area contributed by atoms with Crippen LogP contribution in [0.5, 0.6) is 0 Å². The Morgan fingerprint density at radius 2 is 1.92 bits per heavy atom. The Hall–Kier alpha value is -2.89. The number of nitrogens with zero attached hydrogens (tertiary/aromatic N) is 1. The first-order chi connectivity index (χ1) is 12.0. The van der Waals surface area contributed by atoms with Crippen molar-refractivity contribution in [3.63, 3.8) is 0 Å². The van der Waals surface area contributed by atoms with Crippen molar-refractivity contribution in [3.8, 4) is 0 Å². The molecule has 3 rings (SSSR count). The summed E-state index contributed by atoms with van der Waals surface area (Å²) in [5.74, 6) is -0.552. The highest BCUT2D eigenvalue weighted by Gasteiger charge is 2.22. The van der Waals surface area contributed by atoms with Crippen LogP contribution in [0.3, 0.4) is 0 Å². The molecule has 5 nitrogen and oxygen atoms in total. The first-order valence-electron chi connectivity index (χ1n) is 8.26. The SMILES string of the molecule is CC(Nc1cccc(N2CCCC2=O)c1)C(=O)Nc1cccc(F)c1. The van der Waals surface area contributed by atoms with Crippen molar-refractivity contribution in [2.45, 2.75) is 25.8 Å². The normalized spacial score (nSPS) is 15.1. The van der Waals surface area contributed by atoms with Gasteiger partial charge in [-0.05, 0) is 49.7 Å². The average Bonchev–Trinajstić information content (AvgIpc) is 3.01. The summed E-state index contributed by atoms with van der Waals surface area (Å²) in [7, 11) is 0. The second-order valence-corrected chi connectivity index (χ2v) is 6.06. The van der Waals surface area contributed by atoms with Crippen molar-refractivity contribution in [1.82, 2.24) is 0 Å². The van der Waals surface area contributed by atoms with Crippen molar-refractivity contribution in [3.05, 3.63) is 54.3 Å². The fourth-order valence-electron chi connectivity index (χ4n) is 2.82. The molecule has 1 atom stereocenters. The highest BCUT2D eigenvalue weighted by Crippen LogP contribution is 2.24. The molecule has 0 bridgehead atoms. The lowest BCUT2D eigenvalue weighted by atomic mass is 10.2. The van der Waals surface area contributed by atoms with Crippen LogP contribution < -0.4 is 15.5 Å². The molecule has 1 aliphatic heterocycles. The van der Waals surface area contributed by atoms with Gasteiger partial charge in [0.15, 0.2) is 0 Å². The van der Waals surface area contributed by atoms with Crippen LogP contribution in [0.4, 0.5) is 21.5 Å². The van der Waals surface area contributed by atoms with Gasteiger partial charge in [-0.25, -0.2) is 4.39 Å². The molecule has 0 aliphatic carbocycles. The largest absolute Gasteiger partial charge is 0.374 e. The van der Waals surface area contributed by atoms with E-state index in [1.807, 2.05) is 24.3 Å². The van der Waals surface area contributed by atoms with Crippen LogP contribution in [0, 0.1) is 5.82 Å². The minimum atomic E-state index is -0.521. The lowest BCUT2D eigenvalue weighted by Crippen LogP contribution is -2.32. The van der Waals surface area contributed by atoms with Gasteiger partial charge in [0.1, 0.15) is 11.9 Å². The smallest absolute Gasteiger partial charge is 0.246 e. The maximum absolute atomic E-state index is 13.2. The maximum atomic E-state index is 13.2. The third-order valence-electron chi connectivity index (χ3n) is 4.10. The Balaban J connectivity index is 1.65. The Morgan fingerprint density at radius 1 is 1.16 bits per heavy atom. The molecule has 130 valence electrons. The van der Waals surface area contributed by atoms with E-state index >= 15 is 0 Å². The zero-order chi connectivity index (χ0) is 17.8. The van der Waals surface area contributed by atoms with E-state index in [9.17, 15) is 14.0 Å². The van der Waals surface area contributed by atoms with Gasteiger partial charge in [-0.3, -0.25) is 9.59 Å². The van der Waals surface area contributed by atoms with Gasteiger partial charge in [-0.15, -0.1) is 0 Å². The molecule has 2 aromatic carbocycles. The first-order valence-corrected chi connectivity index (χ1v) is 8.26. The summed E-state index contributed by atoms with van der Waals surface area (Å²) in [5.41, 5.74) is 1.99. The van der Waals surface area contributed by atoms with Crippen molar-refractivity contribution in [1.29, 1.82) is 0 Å². The highest BCUT2D eigenvalue weighted by molar-refractivity contribution is 5.97. The van der Waals surface area contributed by atoms with Gasteiger partial charge < -0.3 is 15.5 Å². The molecule has 0 radical (unpaired) electrons. The Kier molecular flexibility index (Phi) is 4.97. The van der Waals surface area contributed by atoms with E-state index in [2.05, 4.69) is 10.6 Å². The van der Waals surface area contributed by atoms with Gasteiger partial charge in [0, 0.05) is 30.0 Å². The number of benzene rings is 2. The molecule has 1 saturated heterocycles. The Morgan fingerprint density at radius 3 is 2.64 bits per heavy atom. The van der Waals surface area contributed by atoms with Gasteiger partial charge >= 0.3 is 0 Å². The predicted octanol–water partition coefficient (Wildman–Crippen LogP) is 3.39. The van der Waals surface area contributed by atoms with Gasteiger partial charge in [0.05, 0.1) is 0 Å². The Bertz CT molecular complexity index is 794. The third kappa shape index (κ3) is 4.15. The maximum Gasteiger partial charge on any atom is 0.246 e. The van der Waals surface area contributed by atoms with E-state index in [4.69, 9.17) is 0 Å². The van der Waals surface area contributed by atoms with E-state index in [0.717, 1.165) is 24.3 Å². The predicted molar refractivity (Wildman–Crippen MR) is 96.1 cm³/mol. The molecule has 2 aromatic rings. The summed E-state index contributed by atoms with van der Waals surface area (Å²) in [6.45, 7) is 2.44. The van der Waals surface area contributed by atoms with Crippen LogP contribution in [0.2, 0.25) is 0 Å². The lowest BCUT2D eigenvalue weighted by molar-refractivity contribution is -0.117. The zero-order valence-electron chi connectivity index (χ0n) is 14.0.